The Morgan fingerprint density at radius 2 is 1.85 bits per heavy atom. The Bertz CT molecular complexity index is 829. The van der Waals surface area contributed by atoms with E-state index >= 15 is 0 Å². The predicted octanol–water partition coefficient (Wildman–Crippen LogP) is 1.13. The molecule has 0 bridgehead atoms. The third kappa shape index (κ3) is 3.23. The van der Waals surface area contributed by atoms with Crippen molar-refractivity contribution in [1.29, 1.82) is 0 Å². The van der Waals surface area contributed by atoms with Crippen molar-refractivity contribution < 1.29 is 18.0 Å². The zero-order chi connectivity index (χ0) is 19.1. The van der Waals surface area contributed by atoms with Gasteiger partial charge in [0, 0.05) is 44.7 Å². The minimum atomic E-state index is -3.60. The van der Waals surface area contributed by atoms with Crippen LogP contribution in [0.2, 0.25) is 0 Å². The molecule has 2 aliphatic rings. The van der Waals surface area contributed by atoms with E-state index in [1.807, 2.05) is 6.92 Å². The first-order valence-corrected chi connectivity index (χ1v) is 10.3. The first-order chi connectivity index (χ1) is 12.3. The Labute approximate surface area is 154 Å². The average molecular weight is 379 g/mol. The smallest absolute Gasteiger partial charge is 0.243 e. The molecule has 7 nitrogen and oxygen atoms in total. The van der Waals surface area contributed by atoms with E-state index in [1.165, 1.54) is 11.2 Å². The number of piperidine rings is 1. The molecule has 1 N–H and O–H groups in total. The molecule has 3 rings (SSSR count). The zero-order valence-corrected chi connectivity index (χ0v) is 16.2. The third-order valence-electron chi connectivity index (χ3n) is 5.31. The minimum Gasteiger partial charge on any atom is -0.359 e. The zero-order valence-electron chi connectivity index (χ0n) is 15.4. The second kappa shape index (κ2) is 7.00. The van der Waals surface area contributed by atoms with E-state index in [4.69, 9.17) is 0 Å². The molecule has 26 heavy (non-hydrogen) atoms. The van der Waals surface area contributed by atoms with Crippen molar-refractivity contribution in [2.45, 2.75) is 44.0 Å². The molecule has 0 saturated carbocycles. The van der Waals surface area contributed by atoms with E-state index in [2.05, 4.69) is 5.32 Å². The van der Waals surface area contributed by atoms with E-state index in [9.17, 15) is 18.0 Å². The monoisotopic (exact) mass is 379 g/mol. The SMILES string of the molecule is CNC(=O)C1CCN(S(=O)(=O)c2ccc3c(c2)CC(C)N3C(C)=O)CC1. The molecular formula is C18H25N3O4S. The van der Waals surface area contributed by atoms with E-state index in [0.29, 0.717) is 32.4 Å². The van der Waals surface area contributed by atoms with Crippen LogP contribution >= 0.6 is 0 Å². The first-order valence-electron chi connectivity index (χ1n) is 8.90. The number of fused-ring (bicyclic) bond motifs is 1. The highest BCUT2D eigenvalue weighted by Crippen LogP contribution is 2.35. The summed E-state index contributed by atoms with van der Waals surface area (Å²) < 4.78 is 27.4. The largest absolute Gasteiger partial charge is 0.359 e. The standard InChI is InChI=1S/C18H25N3O4S/c1-12-10-15-11-16(4-5-17(15)21(12)13(2)22)26(24,25)20-8-6-14(7-9-20)18(23)19-3/h4-5,11-12,14H,6-10H2,1-3H3,(H,19,23). The van der Waals surface area contributed by atoms with Crippen LogP contribution in [-0.2, 0) is 26.0 Å². The van der Waals surface area contributed by atoms with Crippen LogP contribution in [0.15, 0.2) is 23.1 Å². The van der Waals surface area contributed by atoms with Gasteiger partial charge in [-0.15, -0.1) is 0 Å². The van der Waals surface area contributed by atoms with E-state index < -0.39 is 10.0 Å². The summed E-state index contributed by atoms with van der Waals surface area (Å²) in [5.74, 6) is -0.197. The highest BCUT2D eigenvalue weighted by molar-refractivity contribution is 7.89. The van der Waals surface area contributed by atoms with Gasteiger partial charge >= 0.3 is 0 Å². The molecule has 8 heteroatoms. The van der Waals surface area contributed by atoms with Gasteiger partial charge in [-0.05, 0) is 49.9 Å². The molecule has 1 aromatic carbocycles. The quantitative estimate of drug-likeness (QED) is 0.853. The highest BCUT2D eigenvalue weighted by atomic mass is 32.2. The molecule has 2 aliphatic heterocycles. The number of hydrogen-bond acceptors (Lipinski definition) is 4. The van der Waals surface area contributed by atoms with Gasteiger partial charge in [0.1, 0.15) is 0 Å². The van der Waals surface area contributed by atoms with Gasteiger partial charge in [0.2, 0.25) is 21.8 Å². The molecule has 1 aromatic rings. The molecule has 2 heterocycles. The topological polar surface area (TPSA) is 86.8 Å². The lowest BCUT2D eigenvalue weighted by atomic mass is 9.97. The van der Waals surface area contributed by atoms with Crippen molar-refractivity contribution in [2.75, 3.05) is 25.0 Å². The fourth-order valence-corrected chi connectivity index (χ4v) is 5.48. The van der Waals surface area contributed by atoms with Crippen LogP contribution in [-0.4, -0.2) is 50.7 Å². The Morgan fingerprint density at radius 1 is 1.19 bits per heavy atom. The van der Waals surface area contributed by atoms with Crippen LogP contribution < -0.4 is 10.2 Å². The van der Waals surface area contributed by atoms with Gasteiger partial charge in [-0.2, -0.15) is 4.31 Å². The van der Waals surface area contributed by atoms with Crippen molar-refractivity contribution in [1.82, 2.24) is 9.62 Å². The maximum atomic E-state index is 13.0. The summed E-state index contributed by atoms with van der Waals surface area (Å²) in [7, 11) is -2.00. The maximum absolute atomic E-state index is 13.0. The van der Waals surface area contributed by atoms with Crippen molar-refractivity contribution in [3.63, 3.8) is 0 Å². The fraction of sp³-hybridized carbons (Fsp3) is 0.556. The lowest BCUT2D eigenvalue weighted by Crippen LogP contribution is -2.42. The Hall–Kier alpha value is -1.93. The van der Waals surface area contributed by atoms with Crippen LogP contribution in [0.25, 0.3) is 0 Å². The number of carbonyl (C=O) groups excluding carboxylic acids is 2. The van der Waals surface area contributed by atoms with Crippen LogP contribution in [0.4, 0.5) is 5.69 Å². The lowest BCUT2D eigenvalue weighted by Gasteiger charge is -2.30. The van der Waals surface area contributed by atoms with Crippen LogP contribution in [0.1, 0.15) is 32.3 Å². The number of sulfonamides is 1. The molecule has 0 aliphatic carbocycles. The van der Waals surface area contributed by atoms with Gasteiger partial charge in [-0.25, -0.2) is 8.42 Å². The van der Waals surface area contributed by atoms with Crippen LogP contribution in [0, 0.1) is 5.92 Å². The molecule has 1 saturated heterocycles. The lowest BCUT2D eigenvalue weighted by molar-refractivity contribution is -0.125. The van der Waals surface area contributed by atoms with Gasteiger partial charge in [-0.1, -0.05) is 0 Å². The van der Waals surface area contributed by atoms with Crippen molar-refractivity contribution in [2.24, 2.45) is 5.92 Å². The molecule has 0 spiro atoms. The van der Waals surface area contributed by atoms with Gasteiger partial charge in [0.15, 0.2) is 0 Å². The third-order valence-corrected chi connectivity index (χ3v) is 7.21. The van der Waals surface area contributed by atoms with Crippen molar-refractivity contribution in [3.8, 4) is 0 Å². The fourth-order valence-electron chi connectivity index (χ4n) is 3.96. The number of nitrogens with zero attached hydrogens (tertiary/aromatic N) is 2. The normalized spacial score (nSPS) is 21.5. The second-order valence-electron chi connectivity index (χ2n) is 7.03. The van der Waals surface area contributed by atoms with Gasteiger partial charge < -0.3 is 10.2 Å². The Morgan fingerprint density at radius 3 is 2.42 bits per heavy atom. The predicted molar refractivity (Wildman–Crippen MR) is 98.3 cm³/mol. The molecule has 1 unspecified atom stereocenters. The minimum absolute atomic E-state index is 0.0297. The maximum Gasteiger partial charge on any atom is 0.243 e. The number of benzene rings is 1. The van der Waals surface area contributed by atoms with Crippen LogP contribution in [0.5, 0.6) is 0 Å². The summed E-state index contributed by atoms with van der Waals surface area (Å²) in [6, 6.07) is 5.02. The van der Waals surface area contributed by atoms with Crippen LogP contribution in [0.3, 0.4) is 0 Å². The summed E-state index contributed by atoms with van der Waals surface area (Å²) in [4.78, 5) is 25.5. The summed E-state index contributed by atoms with van der Waals surface area (Å²) in [6.45, 7) is 4.16. The number of hydrogen-bond donors (Lipinski definition) is 1. The molecule has 1 fully saturated rings. The molecule has 2 amide bonds. The molecule has 0 aromatic heterocycles. The van der Waals surface area contributed by atoms with Crippen molar-refractivity contribution in [3.05, 3.63) is 23.8 Å². The number of nitrogens with one attached hydrogen (secondary N) is 1. The van der Waals surface area contributed by atoms with Gasteiger partial charge in [0.25, 0.3) is 0 Å². The van der Waals surface area contributed by atoms with Gasteiger partial charge in [0.05, 0.1) is 4.90 Å². The summed E-state index contributed by atoms with van der Waals surface area (Å²) in [5, 5.41) is 2.63. The van der Waals surface area contributed by atoms with E-state index in [0.717, 1.165) is 11.3 Å². The second-order valence-corrected chi connectivity index (χ2v) is 8.96. The van der Waals surface area contributed by atoms with E-state index in [-0.39, 0.29) is 28.7 Å². The number of rotatable bonds is 3. The summed E-state index contributed by atoms with van der Waals surface area (Å²) in [6.07, 6.45) is 1.70. The van der Waals surface area contributed by atoms with E-state index in [1.54, 1.807) is 30.1 Å². The molecule has 0 radical (unpaired) electrons. The average Bonchev–Trinajstić information content (AvgIpc) is 2.96. The summed E-state index contributed by atoms with van der Waals surface area (Å²) in [5.41, 5.74) is 1.68. The Kier molecular flexibility index (Phi) is 5.07. The molecular weight excluding hydrogens is 354 g/mol. The highest BCUT2D eigenvalue weighted by Gasteiger charge is 2.34. The summed E-state index contributed by atoms with van der Waals surface area (Å²) >= 11 is 0. The van der Waals surface area contributed by atoms with Gasteiger partial charge in [-0.3, -0.25) is 9.59 Å². The van der Waals surface area contributed by atoms with Crippen molar-refractivity contribution >= 4 is 27.5 Å². The molecule has 142 valence electrons. The number of amides is 2. The number of carbonyl (C=O) groups is 2. The molecule has 1 atom stereocenters. The number of anilines is 1. The Balaban J connectivity index is 1.81. The first kappa shape index (κ1) is 18.8.